The van der Waals surface area contributed by atoms with E-state index in [0.29, 0.717) is 41.3 Å². The number of benzene rings is 1. The Kier molecular flexibility index (Phi) is 6.25. The molecule has 1 aromatic carbocycles. The van der Waals surface area contributed by atoms with Crippen molar-refractivity contribution >= 4 is 51.7 Å². The number of anilines is 2. The van der Waals surface area contributed by atoms with Crippen molar-refractivity contribution < 1.29 is 24.2 Å². The van der Waals surface area contributed by atoms with Crippen molar-refractivity contribution in [2.45, 2.75) is 31.6 Å². The molecule has 3 amide bonds. The maximum absolute atomic E-state index is 13.1. The predicted molar refractivity (Wildman–Crippen MR) is 121 cm³/mol. The number of halogens is 1. The number of carbonyl (C=O) groups excluding carboxylic acids is 2. The van der Waals surface area contributed by atoms with Crippen LogP contribution in [0.2, 0.25) is 4.34 Å². The van der Waals surface area contributed by atoms with E-state index in [-0.39, 0.29) is 30.4 Å². The lowest BCUT2D eigenvalue weighted by molar-refractivity contribution is -0.137. The Morgan fingerprint density at radius 2 is 2.16 bits per heavy atom. The van der Waals surface area contributed by atoms with Gasteiger partial charge in [0.05, 0.1) is 12.8 Å². The zero-order valence-corrected chi connectivity index (χ0v) is 19.0. The van der Waals surface area contributed by atoms with Crippen molar-refractivity contribution in [1.29, 1.82) is 0 Å². The summed E-state index contributed by atoms with van der Waals surface area (Å²) in [5.41, 5.74) is 1.32. The van der Waals surface area contributed by atoms with Gasteiger partial charge in [-0.05, 0) is 36.6 Å². The van der Waals surface area contributed by atoms with Crippen LogP contribution >= 0.6 is 22.9 Å². The van der Waals surface area contributed by atoms with E-state index >= 15 is 0 Å². The van der Waals surface area contributed by atoms with Gasteiger partial charge >= 0.3 is 12.0 Å². The van der Waals surface area contributed by atoms with Crippen LogP contribution in [0, 0.1) is 0 Å². The summed E-state index contributed by atoms with van der Waals surface area (Å²) in [6, 6.07) is 5.21. The predicted octanol–water partition coefficient (Wildman–Crippen LogP) is 3.58. The topological polar surface area (TPSA) is 112 Å². The summed E-state index contributed by atoms with van der Waals surface area (Å²) in [6.45, 7) is 3.40. The molecule has 0 aliphatic carbocycles. The lowest BCUT2D eigenvalue weighted by atomic mass is 9.81. The van der Waals surface area contributed by atoms with E-state index in [2.05, 4.69) is 10.3 Å². The Morgan fingerprint density at radius 3 is 2.81 bits per heavy atom. The van der Waals surface area contributed by atoms with Crippen LogP contribution in [0.3, 0.4) is 0 Å². The third-order valence-electron chi connectivity index (χ3n) is 5.83. The second-order valence-electron chi connectivity index (χ2n) is 7.98. The molecule has 2 aromatic rings. The number of carboxylic acids is 1. The summed E-state index contributed by atoms with van der Waals surface area (Å²) in [6.07, 6.45) is 2.66. The molecule has 4 rings (SSSR count). The molecule has 1 saturated heterocycles. The van der Waals surface area contributed by atoms with Crippen LogP contribution in [-0.4, -0.2) is 59.1 Å². The van der Waals surface area contributed by atoms with E-state index < -0.39 is 5.97 Å². The molecular formula is C21H23ClN4O5S. The third-order valence-corrected chi connectivity index (χ3v) is 6.86. The first-order valence-electron chi connectivity index (χ1n) is 10.2. The highest BCUT2D eigenvalue weighted by Crippen LogP contribution is 2.48. The molecule has 2 N–H and O–H groups in total. The first-order valence-corrected chi connectivity index (χ1v) is 11.4. The molecule has 32 heavy (non-hydrogen) atoms. The van der Waals surface area contributed by atoms with Gasteiger partial charge < -0.3 is 14.7 Å². The van der Waals surface area contributed by atoms with Gasteiger partial charge in [0.15, 0.2) is 5.13 Å². The number of urea groups is 1. The number of thiazole rings is 1. The second-order valence-corrected chi connectivity index (χ2v) is 9.64. The highest BCUT2D eigenvalue weighted by atomic mass is 35.5. The van der Waals surface area contributed by atoms with Crippen molar-refractivity contribution in [3.8, 4) is 5.75 Å². The van der Waals surface area contributed by atoms with Crippen molar-refractivity contribution in [3.05, 3.63) is 34.3 Å². The number of nitrogens with one attached hydrogen (secondary N) is 1. The zero-order chi connectivity index (χ0) is 22.9. The average molecular weight is 479 g/mol. The summed E-state index contributed by atoms with van der Waals surface area (Å²) in [7, 11) is 0. The number of nitrogens with zero attached hydrogens (tertiary/aromatic N) is 3. The second kappa shape index (κ2) is 8.95. The Bertz CT molecular complexity index is 1060. The van der Waals surface area contributed by atoms with Crippen molar-refractivity contribution in [2.75, 3.05) is 36.5 Å². The van der Waals surface area contributed by atoms with Crippen LogP contribution in [0.1, 0.15) is 31.7 Å². The van der Waals surface area contributed by atoms with Gasteiger partial charge in [0, 0.05) is 44.1 Å². The molecule has 2 aliphatic rings. The van der Waals surface area contributed by atoms with Crippen LogP contribution < -0.4 is 15.0 Å². The van der Waals surface area contributed by atoms with E-state index in [1.807, 2.05) is 12.1 Å². The molecule has 1 atom stereocenters. The van der Waals surface area contributed by atoms with Crippen molar-refractivity contribution in [1.82, 2.24) is 9.88 Å². The SMILES string of the molecule is CC(=O)N1CCC2(C1)CN(C(=O)Nc1ncc(Cl)s1)c1ccc(OCCCC(=O)O)cc12. The van der Waals surface area contributed by atoms with Gasteiger partial charge in [-0.25, -0.2) is 9.78 Å². The molecule has 1 unspecified atom stereocenters. The number of carboxylic acid groups (broad SMARTS) is 1. The standard InChI is InChI=1S/C21H23ClN4O5S/c1-13(27)25-7-6-21(11-25)12-26(20(30)24-19-23-10-17(22)32-19)16-5-4-14(9-15(16)21)31-8-2-3-18(28)29/h4-5,9-10H,2-3,6-8,11-12H2,1H3,(H,28,29)(H,23,24,30). The minimum absolute atomic E-state index is 0.00447. The summed E-state index contributed by atoms with van der Waals surface area (Å²) in [5.74, 6) is -0.242. The van der Waals surface area contributed by atoms with E-state index in [9.17, 15) is 14.4 Å². The summed E-state index contributed by atoms with van der Waals surface area (Å²) in [5, 5.41) is 12.0. The Morgan fingerprint density at radius 1 is 1.34 bits per heavy atom. The van der Waals surface area contributed by atoms with Crippen LogP contribution in [0.15, 0.2) is 24.4 Å². The molecule has 11 heteroatoms. The number of fused-ring (bicyclic) bond motifs is 2. The average Bonchev–Trinajstić information content (AvgIpc) is 3.44. The zero-order valence-electron chi connectivity index (χ0n) is 17.5. The van der Waals surface area contributed by atoms with Crippen LogP contribution in [-0.2, 0) is 15.0 Å². The number of carbonyl (C=O) groups is 3. The lowest BCUT2D eigenvalue weighted by Gasteiger charge is -2.25. The third kappa shape index (κ3) is 4.51. The highest BCUT2D eigenvalue weighted by Gasteiger charge is 2.49. The van der Waals surface area contributed by atoms with Gasteiger partial charge in [0.25, 0.3) is 0 Å². The molecule has 1 aromatic heterocycles. The molecule has 1 spiro atoms. The fourth-order valence-electron chi connectivity index (χ4n) is 4.29. The van der Waals surface area contributed by atoms with Gasteiger partial charge in [-0.2, -0.15) is 0 Å². The van der Waals surface area contributed by atoms with Gasteiger partial charge in [0.2, 0.25) is 5.91 Å². The van der Waals surface area contributed by atoms with Gasteiger partial charge in [-0.15, -0.1) is 0 Å². The monoisotopic (exact) mass is 478 g/mol. The number of ether oxygens (including phenoxy) is 1. The molecule has 2 aliphatic heterocycles. The first-order chi connectivity index (χ1) is 15.3. The van der Waals surface area contributed by atoms with Gasteiger partial charge in [-0.1, -0.05) is 22.9 Å². The van der Waals surface area contributed by atoms with Crippen LogP contribution in [0.25, 0.3) is 0 Å². The Balaban J connectivity index is 1.58. The molecule has 0 radical (unpaired) electrons. The van der Waals surface area contributed by atoms with E-state index in [1.165, 1.54) is 17.5 Å². The van der Waals surface area contributed by atoms with E-state index in [1.54, 1.807) is 22.8 Å². The van der Waals surface area contributed by atoms with E-state index in [0.717, 1.165) is 17.7 Å². The number of aromatic nitrogens is 1. The number of hydrogen-bond donors (Lipinski definition) is 2. The quantitative estimate of drug-likeness (QED) is 0.614. The maximum atomic E-state index is 13.1. The molecule has 9 nitrogen and oxygen atoms in total. The Labute approximate surface area is 193 Å². The molecule has 1 fully saturated rings. The van der Waals surface area contributed by atoms with Gasteiger partial charge in [0.1, 0.15) is 10.1 Å². The molecule has 0 bridgehead atoms. The normalized spacial score (nSPS) is 19.3. The summed E-state index contributed by atoms with van der Waals surface area (Å²) in [4.78, 5) is 43.3. The number of amides is 3. The largest absolute Gasteiger partial charge is 0.494 e. The minimum atomic E-state index is -0.861. The van der Waals surface area contributed by atoms with Crippen LogP contribution in [0.4, 0.5) is 15.6 Å². The smallest absolute Gasteiger partial charge is 0.328 e. The maximum Gasteiger partial charge on any atom is 0.328 e. The first kappa shape index (κ1) is 22.3. The minimum Gasteiger partial charge on any atom is -0.494 e. The summed E-state index contributed by atoms with van der Waals surface area (Å²) < 4.78 is 6.25. The van der Waals surface area contributed by atoms with Crippen molar-refractivity contribution in [3.63, 3.8) is 0 Å². The number of hydrogen-bond acceptors (Lipinski definition) is 6. The Hall–Kier alpha value is -2.85. The fraction of sp³-hybridized carbons (Fsp3) is 0.429. The molecule has 3 heterocycles. The molecule has 170 valence electrons. The number of rotatable bonds is 6. The molecule has 0 saturated carbocycles. The number of aliphatic carboxylic acids is 1. The molecular weight excluding hydrogens is 456 g/mol. The van der Waals surface area contributed by atoms with Gasteiger partial charge in [-0.3, -0.25) is 19.8 Å². The fourth-order valence-corrected chi connectivity index (χ4v) is 5.10. The van der Waals surface area contributed by atoms with E-state index in [4.69, 9.17) is 21.4 Å². The highest BCUT2D eigenvalue weighted by molar-refractivity contribution is 7.19. The summed E-state index contributed by atoms with van der Waals surface area (Å²) >= 11 is 7.10. The lowest BCUT2D eigenvalue weighted by Crippen LogP contribution is -2.41. The number of likely N-dealkylation sites (tertiary alicyclic amines) is 1. The van der Waals surface area contributed by atoms with Crippen molar-refractivity contribution in [2.24, 2.45) is 0 Å². The van der Waals surface area contributed by atoms with Crippen LogP contribution in [0.5, 0.6) is 5.75 Å².